The summed E-state index contributed by atoms with van der Waals surface area (Å²) in [4.78, 5) is 8.61. The van der Waals surface area contributed by atoms with E-state index in [1.54, 1.807) is 7.11 Å². The molecular formula is C23H25N3O5. The lowest BCUT2D eigenvalue weighted by Crippen LogP contribution is -2.34. The summed E-state index contributed by atoms with van der Waals surface area (Å²) >= 11 is 0. The Morgan fingerprint density at radius 1 is 1.13 bits per heavy atom. The summed E-state index contributed by atoms with van der Waals surface area (Å²) in [5.41, 5.74) is 4.18. The van der Waals surface area contributed by atoms with Gasteiger partial charge in [-0.15, -0.1) is 0 Å². The van der Waals surface area contributed by atoms with Gasteiger partial charge in [-0.05, 0) is 49.4 Å². The van der Waals surface area contributed by atoms with Crippen molar-refractivity contribution in [1.29, 1.82) is 0 Å². The predicted octanol–water partition coefficient (Wildman–Crippen LogP) is 2.69. The highest BCUT2D eigenvalue weighted by Crippen LogP contribution is 2.47. The predicted molar refractivity (Wildman–Crippen MR) is 111 cm³/mol. The molecule has 2 fully saturated rings. The van der Waals surface area contributed by atoms with Crippen LogP contribution in [0.1, 0.15) is 42.9 Å². The summed E-state index contributed by atoms with van der Waals surface area (Å²) in [6, 6.07) is 8.06. The average molecular weight is 423 g/mol. The van der Waals surface area contributed by atoms with E-state index in [9.17, 15) is 5.11 Å². The van der Waals surface area contributed by atoms with Crippen LogP contribution in [0.3, 0.4) is 0 Å². The van der Waals surface area contributed by atoms with Gasteiger partial charge in [-0.25, -0.2) is 9.97 Å². The highest BCUT2D eigenvalue weighted by Gasteiger charge is 2.58. The van der Waals surface area contributed by atoms with Crippen LogP contribution in [0.15, 0.2) is 36.8 Å². The largest absolute Gasteiger partial charge is 0.480 e. The first-order chi connectivity index (χ1) is 14.9. The first-order valence-electron chi connectivity index (χ1n) is 10.6. The van der Waals surface area contributed by atoms with Crippen LogP contribution < -0.4 is 4.74 Å². The number of aliphatic hydroxyl groups excluding tert-OH is 1. The Morgan fingerprint density at radius 2 is 1.94 bits per heavy atom. The number of rotatable bonds is 4. The number of nitrogens with zero attached hydrogens (tertiary/aromatic N) is 3. The van der Waals surface area contributed by atoms with E-state index in [1.807, 2.05) is 36.7 Å². The molecule has 0 amide bonds. The van der Waals surface area contributed by atoms with Crippen LogP contribution in [0.5, 0.6) is 5.88 Å². The second kappa shape index (κ2) is 6.74. The fraction of sp³-hybridized carbons (Fsp3) is 0.478. The van der Waals surface area contributed by atoms with Gasteiger partial charge in [0.05, 0.1) is 12.5 Å². The van der Waals surface area contributed by atoms with Gasteiger partial charge in [0.2, 0.25) is 5.88 Å². The molecule has 1 N–H and O–H groups in total. The number of methoxy groups -OCH3 is 1. The van der Waals surface area contributed by atoms with Crippen LogP contribution in [0.25, 0.3) is 11.0 Å². The fourth-order valence-electron chi connectivity index (χ4n) is 4.99. The summed E-state index contributed by atoms with van der Waals surface area (Å²) in [6.07, 6.45) is 2.81. The van der Waals surface area contributed by atoms with Gasteiger partial charge in [0.1, 0.15) is 36.4 Å². The normalized spacial score (nSPS) is 29.4. The lowest BCUT2D eigenvalue weighted by atomic mass is 9.85. The molecular weight excluding hydrogens is 398 g/mol. The van der Waals surface area contributed by atoms with Crippen LogP contribution in [-0.4, -0.2) is 50.9 Å². The van der Waals surface area contributed by atoms with E-state index < -0.39 is 36.4 Å². The Balaban J connectivity index is 1.38. The maximum absolute atomic E-state index is 11.3. The van der Waals surface area contributed by atoms with Gasteiger partial charge in [-0.2, -0.15) is 0 Å². The number of hydrogen-bond donors (Lipinski definition) is 1. The van der Waals surface area contributed by atoms with Crippen LogP contribution >= 0.6 is 0 Å². The summed E-state index contributed by atoms with van der Waals surface area (Å²) < 4.78 is 26.1. The van der Waals surface area contributed by atoms with Gasteiger partial charge < -0.3 is 28.6 Å². The monoisotopic (exact) mass is 423 g/mol. The minimum absolute atomic E-state index is 0.391. The molecule has 31 heavy (non-hydrogen) atoms. The third-order valence-electron chi connectivity index (χ3n) is 6.55. The lowest BCUT2D eigenvalue weighted by Gasteiger charge is -2.28. The molecule has 0 unspecified atom stereocenters. The summed E-state index contributed by atoms with van der Waals surface area (Å²) in [5, 5.41) is 12.1. The molecule has 8 heteroatoms. The number of hydrogen-bond acceptors (Lipinski definition) is 7. The molecule has 3 aliphatic rings. The molecule has 5 atom stereocenters. The van der Waals surface area contributed by atoms with Gasteiger partial charge in [0, 0.05) is 6.20 Å². The highest BCUT2D eigenvalue weighted by molar-refractivity contribution is 5.81. The topological polar surface area (TPSA) is 87.9 Å². The zero-order valence-electron chi connectivity index (χ0n) is 17.7. The number of ether oxygens (including phenoxy) is 4. The smallest absolute Gasteiger partial charge is 0.225 e. The number of aryl methyl sites for hydroxylation is 2. The first kappa shape index (κ1) is 19.2. The molecule has 0 bridgehead atoms. The van der Waals surface area contributed by atoms with Gasteiger partial charge >= 0.3 is 0 Å². The summed E-state index contributed by atoms with van der Waals surface area (Å²) in [5.74, 6) is -0.272. The molecule has 3 aromatic rings. The van der Waals surface area contributed by atoms with Crippen molar-refractivity contribution in [3.63, 3.8) is 0 Å². The third kappa shape index (κ3) is 2.90. The van der Waals surface area contributed by atoms with Crippen molar-refractivity contribution in [1.82, 2.24) is 14.5 Å². The number of aliphatic hydroxyl groups is 1. The second-order valence-electron chi connectivity index (χ2n) is 8.87. The Morgan fingerprint density at radius 3 is 2.68 bits per heavy atom. The molecule has 0 radical (unpaired) electrons. The maximum Gasteiger partial charge on any atom is 0.225 e. The molecule has 2 aliphatic heterocycles. The van der Waals surface area contributed by atoms with Crippen LogP contribution in [0.4, 0.5) is 0 Å². The molecule has 1 aromatic carbocycles. The zero-order chi connectivity index (χ0) is 21.3. The van der Waals surface area contributed by atoms with E-state index in [-0.39, 0.29) is 0 Å². The third-order valence-corrected chi connectivity index (χ3v) is 6.55. The number of benzene rings is 1. The Labute approximate surface area is 179 Å². The van der Waals surface area contributed by atoms with E-state index in [4.69, 9.17) is 18.9 Å². The van der Waals surface area contributed by atoms with Crippen LogP contribution in [-0.2, 0) is 27.1 Å². The summed E-state index contributed by atoms with van der Waals surface area (Å²) in [7, 11) is 1.58. The minimum Gasteiger partial charge on any atom is -0.480 e. The standard InChI is InChI=1S/C23H25N3O5/c1-23(2)30-18-17(16(27)14-7-5-12-4-6-13(12)10-14)29-22(19(18)31-23)26-9-8-15-20(26)24-11-25-21(15)28-3/h5,7-11,16-19,22,27H,4,6H2,1-3H3/t16-,17-,18-,19-,22-/m1/s1. The molecule has 162 valence electrons. The molecule has 1 aliphatic carbocycles. The van der Waals surface area contributed by atoms with Crippen molar-refractivity contribution in [2.45, 2.75) is 63.1 Å². The molecule has 0 saturated carbocycles. The van der Waals surface area contributed by atoms with E-state index in [1.165, 1.54) is 17.5 Å². The average Bonchev–Trinajstić information content (AvgIpc) is 3.38. The van der Waals surface area contributed by atoms with Crippen molar-refractivity contribution in [2.24, 2.45) is 0 Å². The van der Waals surface area contributed by atoms with Crippen molar-refractivity contribution >= 4 is 11.0 Å². The zero-order valence-corrected chi connectivity index (χ0v) is 17.7. The van der Waals surface area contributed by atoms with Crippen molar-refractivity contribution in [3.05, 3.63) is 53.5 Å². The fourth-order valence-corrected chi connectivity index (χ4v) is 4.99. The van der Waals surface area contributed by atoms with Crippen LogP contribution in [0.2, 0.25) is 0 Å². The van der Waals surface area contributed by atoms with Gasteiger partial charge in [-0.3, -0.25) is 0 Å². The SMILES string of the molecule is COc1ncnc2c1ccn2[C@@H]1O[C@H]([C@H](O)c2ccc3c(c2)CC3)[C@H]2OC(C)(C)O[C@H]21. The van der Waals surface area contributed by atoms with E-state index in [2.05, 4.69) is 22.1 Å². The lowest BCUT2D eigenvalue weighted by molar-refractivity contribution is -0.207. The number of aromatic nitrogens is 3. The Bertz CT molecular complexity index is 1160. The van der Waals surface area contributed by atoms with E-state index in [0.29, 0.717) is 11.5 Å². The molecule has 8 nitrogen and oxygen atoms in total. The molecule has 6 rings (SSSR count). The molecule has 4 heterocycles. The first-order valence-corrected chi connectivity index (χ1v) is 10.6. The molecule has 0 spiro atoms. The highest BCUT2D eigenvalue weighted by atomic mass is 16.8. The maximum atomic E-state index is 11.3. The van der Waals surface area contributed by atoms with Gasteiger partial charge in [0.25, 0.3) is 0 Å². The Kier molecular flexibility index (Phi) is 4.17. The molecule has 2 aromatic heterocycles. The van der Waals surface area contributed by atoms with E-state index >= 15 is 0 Å². The van der Waals surface area contributed by atoms with Crippen molar-refractivity contribution < 1.29 is 24.1 Å². The van der Waals surface area contributed by atoms with Gasteiger partial charge in [-0.1, -0.05) is 18.2 Å². The summed E-state index contributed by atoms with van der Waals surface area (Å²) in [6.45, 7) is 3.77. The van der Waals surface area contributed by atoms with Crippen molar-refractivity contribution in [3.8, 4) is 5.88 Å². The molecule has 2 saturated heterocycles. The minimum atomic E-state index is -0.827. The second-order valence-corrected chi connectivity index (χ2v) is 8.87. The van der Waals surface area contributed by atoms with E-state index in [0.717, 1.165) is 23.8 Å². The van der Waals surface area contributed by atoms with Crippen LogP contribution in [0, 0.1) is 0 Å². The van der Waals surface area contributed by atoms with Gasteiger partial charge in [0.15, 0.2) is 12.0 Å². The van der Waals surface area contributed by atoms with Crippen molar-refractivity contribution in [2.75, 3.05) is 7.11 Å². The Hall–Kier alpha value is -2.52. The quantitative estimate of drug-likeness (QED) is 0.690. The number of fused-ring (bicyclic) bond motifs is 3.